The molecule has 10 heteroatoms. The highest BCUT2D eigenvalue weighted by Gasteiger charge is 2.45. The Morgan fingerprint density at radius 3 is 1.73 bits per heavy atom. The molecule has 40 heavy (non-hydrogen) atoms. The van der Waals surface area contributed by atoms with Crippen molar-refractivity contribution < 1.29 is 37.9 Å². The number of rotatable bonds is 28. The van der Waals surface area contributed by atoms with Gasteiger partial charge in [-0.2, -0.15) is 0 Å². The van der Waals surface area contributed by atoms with E-state index >= 15 is 0 Å². The third-order valence-electron chi connectivity index (χ3n) is 7.03. The van der Waals surface area contributed by atoms with Crippen LogP contribution in [0.4, 0.5) is 0 Å². The second kappa shape index (κ2) is 23.4. The third kappa shape index (κ3) is 23.6. The molecule has 0 aromatic heterocycles. The monoisotopic (exact) mass is 590 g/mol. The van der Waals surface area contributed by atoms with Crippen molar-refractivity contribution in [2.45, 2.75) is 141 Å². The number of unbranched alkanes of at least 4 members (excludes halogenated alkanes) is 14. The van der Waals surface area contributed by atoms with Crippen LogP contribution >= 0.6 is 8.25 Å². The summed E-state index contributed by atoms with van der Waals surface area (Å²) in [5, 5.41) is 14.4. The van der Waals surface area contributed by atoms with Gasteiger partial charge in [0.25, 0.3) is 0 Å². The van der Waals surface area contributed by atoms with E-state index in [4.69, 9.17) is 9.26 Å². The number of nitrogens with zero attached hydrogens (tertiary/aromatic N) is 1. The summed E-state index contributed by atoms with van der Waals surface area (Å²) < 4.78 is 22.7. The summed E-state index contributed by atoms with van der Waals surface area (Å²) in [5.74, 6) is -1.50. The lowest BCUT2D eigenvalue weighted by atomic mass is 9.91. The number of carboxylic acid groups (broad SMARTS) is 1. The summed E-state index contributed by atoms with van der Waals surface area (Å²) >= 11 is 0. The average molecular weight is 591 g/mol. The molecule has 1 amide bonds. The smallest absolute Gasteiger partial charge is 0.489 e. The van der Waals surface area contributed by atoms with E-state index in [-0.39, 0.29) is 29.9 Å². The van der Waals surface area contributed by atoms with Gasteiger partial charge in [0, 0.05) is 38.4 Å². The van der Waals surface area contributed by atoms with Gasteiger partial charge in [-0.25, -0.2) is 0 Å². The molecule has 236 valence electrons. The van der Waals surface area contributed by atoms with Crippen LogP contribution in [0.2, 0.25) is 0 Å². The molecular formula is C30H59N2O7P. The molecule has 0 saturated heterocycles. The lowest BCUT2D eigenvalue weighted by Gasteiger charge is -2.37. The minimum atomic E-state index is -3.30. The van der Waals surface area contributed by atoms with E-state index < -0.39 is 32.4 Å². The van der Waals surface area contributed by atoms with Gasteiger partial charge in [-0.3, -0.25) is 4.79 Å². The van der Waals surface area contributed by atoms with Crippen LogP contribution in [-0.4, -0.2) is 68.9 Å². The normalized spacial score (nSPS) is 14.5. The zero-order valence-corrected chi connectivity index (χ0v) is 27.1. The SMILES string of the molecule is CCCCCCCCCCCCCCCCCC(=O)NCC(CC(CC(=O)[O-])(C[N+](C)(C)C)O[P+](=O)[O-])OCC. The van der Waals surface area contributed by atoms with Crippen LogP contribution < -0.4 is 15.3 Å². The van der Waals surface area contributed by atoms with Gasteiger partial charge in [0.15, 0.2) is 5.60 Å². The first-order chi connectivity index (χ1) is 18.9. The second-order valence-corrected chi connectivity index (χ2v) is 12.9. The van der Waals surface area contributed by atoms with E-state index in [9.17, 15) is 24.2 Å². The Balaban J connectivity index is 4.32. The maximum Gasteiger partial charge on any atom is 0.489 e. The van der Waals surface area contributed by atoms with Gasteiger partial charge < -0.3 is 29.3 Å². The molecule has 3 unspecified atom stereocenters. The molecule has 0 fully saturated rings. The van der Waals surface area contributed by atoms with E-state index in [0.29, 0.717) is 13.0 Å². The minimum Gasteiger partial charge on any atom is -0.566 e. The molecule has 0 rings (SSSR count). The van der Waals surface area contributed by atoms with Gasteiger partial charge in [0.2, 0.25) is 5.91 Å². The number of ether oxygens (including phenoxy) is 1. The number of carbonyl (C=O) groups is 2. The molecule has 9 nitrogen and oxygen atoms in total. The molecule has 0 aromatic carbocycles. The highest BCUT2D eigenvalue weighted by atomic mass is 31.1. The molecule has 0 saturated carbocycles. The molecule has 3 atom stereocenters. The van der Waals surface area contributed by atoms with Crippen LogP contribution in [0.25, 0.3) is 0 Å². The van der Waals surface area contributed by atoms with Gasteiger partial charge in [0.05, 0.1) is 27.2 Å². The molecular weight excluding hydrogens is 531 g/mol. The largest absolute Gasteiger partial charge is 0.566 e. The number of amides is 1. The van der Waals surface area contributed by atoms with Gasteiger partial charge in [-0.05, 0) is 17.9 Å². The third-order valence-corrected chi connectivity index (χ3v) is 7.57. The molecule has 0 aliphatic carbocycles. The van der Waals surface area contributed by atoms with Gasteiger partial charge in [-0.15, -0.1) is 4.52 Å². The zero-order chi connectivity index (χ0) is 30.3. The van der Waals surface area contributed by atoms with Gasteiger partial charge in [-0.1, -0.05) is 96.8 Å². The topological polar surface area (TPSA) is 128 Å². The maximum absolute atomic E-state index is 12.4. The first-order valence-electron chi connectivity index (χ1n) is 15.6. The number of carboxylic acids is 1. The molecule has 0 heterocycles. The Labute approximate surface area is 245 Å². The van der Waals surface area contributed by atoms with Crippen LogP contribution in [0.1, 0.15) is 129 Å². The van der Waals surface area contributed by atoms with Crippen molar-refractivity contribution >= 4 is 20.1 Å². The fourth-order valence-corrected chi connectivity index (χ4v) is 5.90. The van der Waals surface area contributed by atoms with Crippen molar-refractivity contribution in [3.8, 4) is 0 Å². The minimum absolute atomic E-state index is 0.00705. The number of carbonyl (C=O) groups excluding carboxylic acids is 2. The number of quaternary nitrogens is 1. The number of hydrogen-bond donors (Lipinski definition) is 1. The number of likely N-dealkylation sites (N-methyl/N-ethyl adjacent to an activating group) is 1. The van der Waals surface area contributed by atoms with Crippen molar-refractivity contribution in [1.82, 2.24) is 5.32 Å². The zero-order valence-electron chi connectivity index (χ0n) is 26.2. The predicted octanol–water partition coefficient (Wildman–Crippen LogP) is 4.78. The molecule has 0 aliphatic heterocycles. The average Bonchev–Trinajstić information content (AvgIpc) is 2.83. The van der Waals surface area contributed by atoms with Gasteiger partial charge >= 0.3 is 8.25 Å². The van der Waals surface area contributed by atoms with E-state index in [0.717, 1.165) is 19.3 Å². The van der Waals surface area contributed by atoms with Crippen molar-refractivity contribution in [2.75, 3.05) is 40.8 Å². The van der Waals surface area contributed by atoms with Crippen molar-refractivity contribution in [3.05, 3.63) is 0 Å². The highest BCUT2D eigenvalue weighted by molar-refractivity contribution is 7.30. The Bertz CT molecular complexity index is 669. The molecule has 1 N–H and O–H groups in total. The first kappa shape index (κ1) is 38.9. The highest BCUT2D eigenvalue weighted by Crippen LogP contribution is 2.33. The lowest BCUT2D eigenvalue weighted by Crippen LogP contribution is -2.55. The van der Waals surface area contributed by atoms with Gasteiger partial charge in [0.1, 0.15) is 6.54 Å². The van der Waals surface area contributed by atoms with Crippen LogP contribution in [0, 0.1) is 0 Å². The standard InChI is InChI=1S/C30H59N2O7P/c1-6-8-9-10-11-12-13-14-15-16-17-18-19-20-21-22-28(33)31-25-27(38-7-2)23-30(24-29(34)35,39-40(36)37)26-32(3,4)5/h27H,6-26H2,1-5H3,(H-,31,33,34,35). The fourth-order valence-electron chi connectivity index (χ4n) is 5.39. The Morgan fingerprint density at radius 1 is 0.850 bits per heavy atom. The molecule has 0 bridgehead atoms. The Hall–Kier alpha value is -1.12. The summed E-state index contributed by atoms with van der Waals surface area (Å²) in [7, 11) is 2.16. The predicted molar refractivity (Wildman–Crippen MR) is 157 cm³/mol. The van der Waals surface area contributed by atoms with Crippen LogP contribution in [0.5, 0.6) is 0 Å². The van der Waals surface area contributed by atoms with E-state index in [2.05, 4.69) is 12.2 Å². The summed E-state index contributed by atoms with van der Waals surface area (Å²) in [5.41, 5.74) is -1.54. The maximum atomic E-state index is 12.4. The summed E-state index contributed by atoms with van der Waals surface area (Å²) in [6, 6.07) is 0. The van der Waals surface area contributed by atoms with Crippen molar-refractivity contribution in [3.63, 3.8) is 0 Å². The summed E-state index contributed by atoms with van der Waals surface area (Å²) in [6.45, 7) is 4.64. The van der Waals surface area contributed by atoms with E-state index in [1.807, 2.05) is 21.1 Å². The Morgan fingerprint density at radius 2 is 1.32 bits per heavy atom. The second-order valence-electron chi connectivity index (χ2n) is 12.3. The molecule has 0 aliphatic rings. The molecule has 0 radical (unpaired) electrons. The molecule has 0 aromatic rings. The van der Waals surface area contributed by atoms with Crippen molar-refractivity contribution in [2.24, 2.45) is 0 Å². The van der Waals surface area contributed by atoms with Crippen molar-refractivity contribution in [1.29, 1.82) is 0 Å². The number of aliphatic carboxylic acids is 1. The summed E-state index contributed by atoms with van der Waals surface area (Å²) in [6.07, 6.45) is 18.2. The summed E-state index contributed by atoms with van der Waals surface area (Å²) in [4.78, 5) is 35.4. The van der Waals surface area contributed by atoms with E-state index in [1.165, 1.54) is 77.0 Å². The first-order valence-corrected chi connectivity index (χ1v) is 16.7. The van der Waals surface area contributed by atoms with Crippen LogP contribution in [-0.2, 0) is 23.4 Å². The van der Waals surface area contributed by atoms with Crippen LogP contribution in [0.3, 0.4) is 0 Å². The quantitative estimate of drug-likeness (QED) is 0.0789. The lowest BCUT2D eigenvalue weighted by molar-refractivity contribution is -0.876. The van der Waals surface area contributed by atoms with E-state index in [1.54, 1.807) is 6.92 Å². The number of hydrogen-bond acceptors (Lipinski definition) is 7. The molecule has 0 spiro atoms. The fraction of sp³-hybridized carbons (Fsp3) is 0.933. The Kier molecular flexibility index (Phi) is 22.8. The van der Waals surface area contributed by atoms with Crippen LogP contribution in [0.15, 0.2) is 0 Å². The number of nitrogens with one attached hydrogen (secondary N) is 1.